The minimum Gasteiger partial charge on any atom is -0.321 e. The first-order valence-electron chi connectivity index (χ1n) is 6.39. The molecule has 2 fully saturated rings. The predicted molar refractivity (Wildman–Crippen MR) is 68.1 cm³/mol. The monoisotopic (exact) mass is 254 g/mol. The van der Waals surface area contributed by atoms with E-state index in [9.17, 15) is 0 Å². The lowest BCUT2D eigenvalue weighted by Gasteiger charge is -2.21. The summed E-state index contributed by atoms with van der Waals surface area (Å²) in [5.74, 6) is 1.02. The van der Waals surface area contributed by atoms with Crippen LogP contribution in [0, 0.1) is 0 Å². The van der Waals surface area contributed by atoms with Gasteiger partial charge in [0, 0.05) is 25.7 Å². The Bertz CT molecular complexity index is 403. The highest BCUT2D eigenvalue weighted by molar-refractivity contribution is 6.29. The van der Waals surface area contributed by atoms with Crippen LogP contribution in [0.5, 0.6) is 0 Å². The Labute approximate surface area is 107 Å². The smallest absolute Gasteiger partial charge is 0.128 e. The van der Waals surface area contributed by atoms with Crippen molar-refractivity contribution in [3.8, 4) is 0 Å². The molecule has 0 aromatic carbocycles. The SMILES string of the molecule is Cn1c(Cl)cnc1CNC1CCN2CCCC12. The fourth-order valence-electron chi connectivity index (χ4n) is 3.13. The van der Waals surface area contributed by atoms with E-state index in [-0.39, 0.29) is 0 Å². The number of fused-ring (bicyclic) bond motifs is 1. The van der Waals surface area contributed by atoms with Gasteiger partial charge in [0.15, 0.2) is 0 Å². The topological polar surface area (TPSA) is 33.1 Å². The highest BCUT2D eigenvalue weighted by Crippen LogP contribution is 2.28. The van der Waals surface area contributed by atoms with Crippen molar-refractivity contribution < 1.29 is 0 Å². The van der Waals surface area contributed by atoms with Crippen LogP contribution >= 0.6 is 11.6 Å². The first-order chi connectivity index (χ1) is 8.25. The summed E-state index contributed by atoms with van der Waals surface area (Å²) in [6.45, 7) is 3.36. The normalized spacial score (nSPS) is 28.8. The molecule has 2 unspecified atom stereocenters. The average Bonchev–Trinajstić information content (AvgIpc) is 2.97. The van der Waals surface area contributed by atoms with Crippen molar-refractivity contribution in [3.63, 3.8) is 0 Å². The first-order valence-corrected chi connectivity index (χ1v) is 6.77. The maximum Gasteiger partial charge on any atom is 0.128 e. The Kier molecular flexibility index (Phi) is 3.11. The highest BCUT2D eigenvalue weighted by Gasteiger charge is 2.36. The minimum atomic E-state index is 0.632. The van der Waals surface area contributed by atoms with Gasteiger partial charge >= 0.3 is 0 Å². The second-order valence-electron chi connectivity index (χ2n) is 5.08. The third-order valence-corrected chi connectivity index (χ3v) is 4.51. The van der Waals surface area contributed by atoms with Crippen molar-refractivity contribution >= 4 is 11.6 Å². The third-order valence-electron chi connectivity index (χ3n) is 4.16. The van der Waals surface area contributed by atoms with Gasteiger partial charge in [0.05, 0.1) is 12.7 Å². The lowest BCUT2D eigenvalue weighted by molar-refractivity contribution is 0.297. The molecular formula is C12H19ClN4. The molecular weight excluding hydrogens is 236 g/mol. The van der Waals surface area contributed by atoms with E-state index < -0.39 is 0 Å². The zero-order chi connectivity index (χ0) is 11.8. The summed E-state index contributed by atoms with van der Waals surface area (Å²) in [5, 5.41) is 4.34. The fourth-order valence-corrected chi connectivity index (χ4v) is 3.28. The number of nitrogens with one attached hydrogen (secondary N) is 1. The lowest BCUT2D eigenvalue weighted by atomic mass is 10.1. The van der Waals surface area contributed by atoms with Gasteiger partial charge in [-0.05, 0) is 25.8 Å². The van der Waals surface area contributed by atoms with Crippen LogP contribution in [0.15, 0.2) is 6.20 Å². The van der Waals surface area contributed by atoms with Gasteiger partial charge in [-0.2, -0.15) is 0 Å². The molecule has 94 valence electrons. The van der Waals surface area contributed by atoms with E-state index >= 15 is 0 Å². The molecule has 0 bridgehead atoms. The van der Waals surface area contributed by atoms with Gasteiger partial charge in [0.25, 0.3) is 0 Å². The van der Waals surface area contributed by atoms with E-state index in [2.05, 4.69) is 15.2 Å². The van der Waals surface area contributed by atoms with Crippen LogP contribution in [-0.4, -0.2) is 39.6 Å². The molecule has 0 radical (unpaired) electrons. The number of hydrogen-bond donors (Lipinski definition) is 1. The molecule has 2 saturated heterocycles. The summed E-state index contributed by atoms with van der Waals surface area (Å²) in [6.07, 6.45) is 5.69. The molecule has 4 nitrogen and oxygen atoms in total. The molecule has 1 aromatic heterocycles. The molecule has 2 aliphatic heterocycles. The van der Waals surface area contributed by atoms with Gasteiger partial charge in [-0.15, -0.1) is 0 Å². The van der Waals surface area contributed by atoms with Crippen molar-refractivity contribution in [1.82, 2.24) is 19.8 Å². The Hall–Kier alpha value is -0.580. The molecule has 0 spiro atoms. The van der Waals surface area contributed by atoms with E-state index in [0.29, 0.717) is 11.2 Å². The van der Waals surface area contributed by atoms with Crippen LogP contribution in [0.3, 0.4) is 0 Å². The fraction of sp³-hybridized carbons (Fsp3) is 0.750. The van der Waals surface area contributed by atoms with Crippen LogP contribution in [0.2, 0.25) is 5.15 Å². The van der Waals surface area contributed by atoms with Crippen molar-refractivity contribution in [2.45, 2.75) is 37.9 Å². The number of aromatic nitrogens is 2. The van der Waals surface area contributed by atoms with Gasteiger partial charge in [0.1, 0.15) is 11.0 Å². The molecule has 5 heteroatoms. The number of halogens is 1. The largest absolute Gasteiger partial charge is 0.321 e. The average molecular weight is 255 g/mol. The summed E-state index contributed by atoms with van der Waals surface area (Å²) < 4.78 is 1.94. The summed E-state index contributed by atoms with van der Waals surface area (Å²) in [6, 6.07) is 1.39. The molecule has 0 saturated carbocycles. The molecule has 1 N–H and O–H groups in total. The van der Waals surface area contributed by atoms with Gasteiger partial charge in [-0.3, -0.25) is 4.90 Å². The van der Waals surface area contributed by atoms with E-state index in [4.69, 9.17) is 11.6 Å². The molecule has 17 heavy (non-hydrogen) atoms. The number of rotatable bonds is 3. The minimum absolute atomic E-state index is 0.632. The Morgan fingerprint density at radius 3 is 3.12 bits per heavy atom. The summed E-state index contributed by atoms with van der Waals surface area (Å²) in [5.41, 5.74) is 0. The summed E-state index contributed by atoms with van der Waals surface area (Å²) >= 11 is 5.98. The molecule has 0 aliphatic carbocycles. The van der Waals surface area contributed by atoms with E-state index in [1.54, 1.807) is 6.20 Å². The van der Waals surface area contributed by atoms with Crippen molar-refractivity contribution in [1.29, 1.82) is 0 Å². The quantitative estimate of drug-likeness (QED) is 0.885. The van der Waals surface area contributed by atoms with Crippen molar-refractivity contribution in [2.75, 3.05) is 13.1 Å². The van der Waals surface area contributed by atoms with Crippen LogP contribution in [0.1, 0.15) is 25.1 Å². The predicted octanol–water partition coefficient (Wildman–Crippen LogP) is 1.40. The molecule has 3 rings (SSSR count). The van der Waals surface area contributed by atoms with Crippen LogP contribution < -0.4 is 5.32 Å². The van der Waals surface area contributed by atoms with Gasteiger partial charge in [0.2, 0.25) is 0 Å². The molecule has 2 atom stereocenters. The van der Waals surface area contributed by atoms with Crippen LogP contribution in [0.4, 0.5) is 0 Å². The Morgan fingerprint density at radius 2 is 2.35 bits per heavy atom. The first kappa shape index (κ1) is 11.5. The van der Waals surface area contributed by atoms with Crippen molar-refractivity contribution in [3.05, 3.63) is 17.2 Å². The molecule has 2 aliphatic rings. The lowest BCUT2D eigenvalue weighted by Crippen LogP contribution is -2.39. The zero-order valence-electron chi connectivity index (χ0n) is 10.2. The molecule has 0 amide bonds. The second kappa shape index (κ2) is 4.59. The van der Waals surface area contributed by atoms with Crippen LogP contribution in [0.25, 0.3) is 0 Å². The second-order valence-corrected chi connectivity index (χ2v) is 5.47. The molecule has 1 aromatic rings. The highest BCUT2D eigenvalue weighted by atomic mass is 35.5. The van der Waals surface area contributed by atoms with Gasteiger partial charge in [-0.1, -0.05) is 11.6 Å². The standard InChI is InChI=1S/C12H19ClN4/c1-16-11(13)7-15-12(16)8-14-9-4-6-17-5-2-3-10(9)17/h7,9-10,14H,2-6,8H2,1H3. The van der Waals surface area contributed by atoms with Crippen LogP contribution in [-0.2, 0) is 13.6 Å². The molecule has 3 heterocycles. The maximum absolute atomic E-state index is 5.98. The van der Waals surface area contributed by atoms with Gasteiger partial charge in [-0.25, -0.2) is 4.98 Å². The number of hydrogen-bond acceptors (Lipinski definition) is 3. The number of imidazole rings is 1. The third kappa shape index (κ3) is 2.09. The van der Waals surface area contributed by atoms with E-state index in [0.717, 1.165) is 18.4 Å². The number of nitrogens with zero attached hydrogens (tertiary/aromatic N) is 3. The van der Waals surface area contributed by atoms with E-state index in [1.807, 2.05) is 11.6 Å². The Balaban J connectivity index is 1.59. The zero-order valence-corrected chi connectivity index (χ0v) is 11.0. The maximum atomic E-state index is 5.98. The van der Waals surface area contributed by atoms with E-state index in [1.165, 1.54) is 32.4 Å². The van der Waals surface area contributed by atoms with Crippen molar-refractivity contribution in [2.24, 2.45) is 7.05 Å². The Morgan fingerprint density at radius 1 is 1.47 bits per heavy atom. The summed E-state index contributed by atoms with van der Waals surface area (Å²) in [7, 11) is 1.96. The van der Waals surface area contributed by atoms with Gasteiger partial charge < -0.3 is 9.88 Å². The summed E-state index contributed by atoms with van der Waals surface area (Å²) in [4.78, 5) is 6.93.